The predicted molar refractivity (Wildman–Crippen MR) is 88.1 cm³/mol. The molecule has 2 unspecified atom stereocenters. The zero-order chi connectivity index (χ0) is 16.8. The third-order valence-electron chi connectivity index (χ3n) is 4.22. The van der Waals surface area contributed by atoms with E-state index in [1.807, 2.05) is 6.07 Å². The highest BCUT2D eigenvalue weighted by molar-refractivity contribution is 5.81. The summed E-state index contributed by atoms with van der Waals surface area (Å²) >= 11 is 0. The van der Waals surface area contributed by atoms with Crippen LogP contribution in [0.5, 0.6) is 17.2 Å². The monoisotopic (exact) mass is 322 g/mol. The van der Waals surface area contributed by atoms with Gasteiger partial charge in [0.2, 0.25) is 5.91 Å². The molecule has 1 heterocycles. The lowest BCUT2D eigenvalue weighted by atomic mass is 9.94. The molecular weight excluding hydrogens is 296 g/mol. The first kappa shape index (κ1) is 17.4. The fourth-order valence-corrected chi connectivity index (χ4v) is 2.84. The van der Waals surface area contributed by atoms with Crippen LogP contribution in [-0.4, -0.2) is 39.8 Å². The van der Waals surface area contributed by atoms with Crippen molar-refractivity contribution in [3.63, 3.8) is 0 Å². The summed E-state index contributed by atoms with van der Waals surface area (Å²) in [6, 6.07) is 3.47. The maximum absolute atomic E-state index is 12.3. The van der Waals surface area contributed by atoms with E-state index in [0.29, 0.717) is 29.7 Å². The van der Waals surface area contributed by atoms with Crippen LogP contribution < -0.4 is 24.8 Å². The largest absolute Gasteiger partial charge is 0.496 e. The SMILES string of the molecule is COc1cc(OC)c(OC)cc1CNC(=O)C1CC(C)CCN1. The number of ether oxygens (including phenoxy) is 3. The smallest absolute Gasteiger partial charge is 0.237 e. The second-order valence-corrected chi connectivity index (χ2v) is 5.87. The van der Waals surface area contributed by atoms with Gasteiger partial charge in [0, 0.05) is 18.2 Å². The molecule has 1 amide bonds. The summed E-state index contributed by atoms with van der Waals surface area (Å²) in [4.78, 5) is 12.3. The van der Waals surface area contributed by atoms with E-state index in [-0.39, 0.29) is 11.9 Å². The normalized spacial score (nSPS) is 20.7. The molecule has 0 aromatic heterocycles. The Bertz CT molecular complexity index is 548. The van der Waals surface area contributed by atoms with Crippen molar-refractivity contribution in [2.75, 3.05) is 27.9 Å². The van der Waals surface area contributed by atoms with Crippen molar-refractivity contribution in [3.8, 4) is 17.2 Å². The Balaban J connectivity index is 2.05. The van der Waals surface area contributed by atoms with Gasteiger partial charge in [-0.05, 0) is 31.4 Å². The quantitative estimate of drug-likeness (QED) is 0.834. The number of hydrogen-bond donors (Lipinski definition) is 2. The van der Waals surface area contributed by atoms with Crippen LogP contribution >= 0.6 is 0 Å². The van der Waals surface area contributed by atoms with E-state index < -0.39 is 0 Å². The van der Waals surface area contributed by atoms with Gasteiger partial charge >= 0.3 is 0 Å². The molecule has 1 aliphatic heterocycles. The summed E-state index contributed by atoms with van der Waals surface area (Å²) < 4.78 is 16.0. The first-order chi connectivity index (χ1) is 11.1. The van der Waals surface area contributed by atoms with E-state index in [1.165, 1.54) is 0 Å². The highest BCUT2D eigenvalue weighted by Crippen LogP contribution is 2.34. The Hall–Kier alpha value is -1.95. The van der Waals surface area contributed by atoms with Crippen molar-refractivity contribution in [2.45, 2.75) is 32.4 Å². The number of piperidine rings is 1. The molecule has 0 aliphatic carbocycles. The summed E-state index contributed by atoms with van der Waals surface area (Å²) in [5, 5.41) is 6.24. The van der Waals surface area contributed by atoms with Crippen molar-refractivity contribution in [1.29, 1.82) is 0 Å². The highest BCUT2D eigenvalue weighted by Gasteiger charge is 2.24. The molecule has 2 N–H and O–H groups in total. The van der Waals surface area contributed by atoms with E-state index in [2.05, 4.69) is 17.6 Å². The molecule has 6 heteroatoms. The Morgan fingerprint density at radius 3 is 2.43 bits per heavy atom. The lowest BCUT2D eigenvalue weighted by molar-refractivity contribution is -0.124. The van der Waals surface area contributed by atoms with Gasteiger partial charge in [0.05, 0.1) is 27.4 Å². The summed E-state index contributed by atoms with van der Waals surface area (Å²) in [6.07, 6.45) is 1.99. The average molecular weight is 322 g/mol. The molecule has 0 radical (unpaired) electrons. The number of hydrogen-bond acceptors (Lipinski definition) is 5. The minimum atomic E-state index is -0.120. The van der Waals surface area contributed by atoms with Gasteiger partial charge in [0.1, 0.15) is 5.75 Å². The Morgan fingerprint density at radius 2 is 1.83 bits per heavy atom. The summed E-state index contributed by atoms with van der Waals surface area (Å²) in [7, 11) is 4.76. The minimum Gasteiger partial charge on any atom is -0.496 e. The van der Waals surface area contributed by atoms with E-state index in [0.717, 1.165) is 24.9 Å². The van der Waals surface area contributed by atoms with Gasteiger partial charge in [-0.1, -0.05) is 6.92 Å². The van der Waals surface area contributed by atoms with Gasteiger partial charge in [0.15, 0.2) is 11.5 Å². The van der Waals surface area contributed by atoms with Crippen molar-refractivity contribution < 1.29 is 19.0 Å². The summed E-state index contributed by atoms with van der Waals surface area (Å²) in [6.45, 7) is 3.45. The number of rotatable bonds is 6. The number of benzene rings is 1. The minimum absolute atomic E-state index is 0.0217. The van der Waals surface area contributed by atoms with Gasteiger partial charge < -0.3 is 24.8 Å². The maximum atomic E-state index is 12.3. The average Bonchev–Trinajstić information content (AvgIpc) is 2.58. The third kappa shape index (κ3) is 4.28. The number of carbonyl (C=O) groups excluding carboxylic acids is 1. The molecule has 1 aromatic rings. The Kier molecular flexibility index (Phi) is 6.10. The van der Waals surface area contributed by atoms with Gasteiger partial charge in [-0.2, -0.15) is 0 Å². The van der Waals surface area contributed by atoms with Crippen LogP contribution in [0.15, 0.2) is 12.1 Å². The van der Waals surface area contributed by atoms with Crippen LogP contribution in [0, 0.1) is 5.92 Å². The number of nitrogens with one attached hydrogen (secondary N) is 2. The van der Waals surface area contributed by atoms with Crippen molar-refractivity contribution >= 4 is 5.91 Å². The molecule has 0 bridgehead atoms. The molecule has 2 rings (SSSR count). The molecule has 0 spiro atoms. The molecule has 1 saturated heterocycles. The van der Waals surface area contributed by atoms with Crippen LogP contribution in [-0.2, 0) is 11.3 Å². The first-order valence-electron chi connectivity index (χ1n) is 7.89. The van der Waals surface area contributed by atoms with Crippen LogP contribution in [0.25, 0.3) is 0 Å². The molecule has 1 fully saturated rings. The molecule has 0 saturated carbocycles. The topological polar surface area (TPSA) is 68.8 Å². The van der Waals surface area contributed by atoms with Crippen LogP contribution in [0.1, 0.15) is 25.3 Å². The zero-order valence-electron chi connectivity index (χ0n) is 14.3. The molecule has 23 heavy (non-hydrogen) atoms. The molecule has 1 aliphatic rings. The van der Waals surface area contributed by atoms with Crippen molar-refractivity contribution in [3.05, 3.63) is 17.7 Å². The number of methoxy groups -OCH3 is 3. The maximum Gasteiger partial charge on any atom is 0.237 e. The number of carbonyl (C=O) groups is 1. The van der Waals surface area contributed by atoms with Crippen LogP contribution in [0.4, 0.5) is 0 Å². The summed E-state index contributed by atoms with van der Waals surface area (Å²) in [5.74, 6) is 2.47. The number of amides is 1. The second-order valence-electron chi connectivity index (χ2n) is 5.87. The van der Waals surface area contributed by atoms with E-state index in [9.17, 15) is 4.79 Å². The fraction of sp³-hybridized carbons (Fsp3) is 0.588. The lowest BCUT2D eigenvalue weighted by Gasteiger charge is -2.27. The molecule has 128 valence electrons. The molecule has 2 atom stereocenters. The Morgan fingerprint density at radius 1 is 1.17 bits per heavy atom. The highest BCUT2D eigenvalue weighted by atomic mass is 16.5. The fourth-order valence-electron chi connectivity index (χ4n) is 2.84. The summed E-state index contributed by atoms with van der Waals surface area (Å²) in [5.41, 5.74) is 0.849. The second kappa shape index (κ2) is 8.06. The van der Waals surface area contributed by atoms with Crippen LogP contribution in [0.3, 0.4) is 0 Å². The van der Waals surface area contributed by atoms with E-state index >= 15 is 0 Å². The van der Waals surface area contributed by atoms with Gasteiger partial charge in [-0.25, -0.2) is 0 Å². The predicted octanol–water partition coefficient (Wildman–Crippen LogP) is 1.72. The van der Waals surface area contributed by atoms with E-state index in [4.69, 9.17) is 14.2 Å². The molecular formula is C17H26N2O4. The Labute approximate surface area is 137 Å². The van der Waals surface area contributed by atoms with Crippen molar-refractivity contribution in [2.24, 2.45) is 5.92 Å². The zero-order valence-corrected chi connectivity index (χ0v) is 14.3. The standard InChI is InChI=1S/C17H26N2O4/c1-11-5-6-18-13(7-11)17(20)19-10-12-8-15(22-3)16(23-4)9-14(12)21-2/h8-9,11,13,18H,5-7,10H2,1-4H3,(H,19,20). The van der Waals surface area contributed by atoms with E-state index in [1.54, 1.807) is 27.4 Å². The van der Waals surface area contributed by atoms with Crippen LogP contribution in [0.2, 0.25) is 0 Å². The molecule has 1 aromatic carbocycles. The lowest BCUT2D eigenvalue weighted by Crippen LogP contribution is -2.48. The van der Waals surface area contributed by atoms with Gasteiger partial charge in [0.25, 0.3) is 0 Å². The van der Waals surface area contributed by atoms with Gasteiger partial charge in [-0.3, -0.25) is 4.79 Å². The van der Waals surface area contributed by atoms with Crippen molar-refractivity contribution in [1.82, 2.24) is 10.6 Å². The molecule has 6 nitrogen and oxygen atoms in total. The first-order valence-corrected chi connectivity index (χ1v) is 7.89. The van der Waals surface area contributed by atoms with Gasteiger partial charge in [-0.15, -0.1) is 0 Å². The third-order valence-corrected chi connectivity index (χ3v) is 4.22.